The summed E-state index contributed by atoms with van der Waals surface area (Å²) in [6, 6.07) is -0.556. The zero-order chi connectivity index (χ0) is 7.14. The summed E-state index contributed by atoms with van der Waals surface area (Å²) in [4.78, 5) is 10.1. The molecule has 3 nitrogen and oxygen atoms in total. The summed E-state index contributed by atoms with van der Waals surface area (Å²) >= 11 is 0. The molecule has 0 aromatic rings. The van der Waals surface area contributed by atoms with Gasteiger partial charge in [-0.15, -0.1) is 0 Å². The SMILES string of the molecule is O=[N+]([O-])C1C2=CC=C1C=C2. The summed E-state index contributed by atoms with van der Waals surface area (Å²) in [5.41, 5.74) is 1.61. The van der Waals surface area contributed by atoms with Crippen LogP contribution < -0.4 is 0 Å². The van der Waals surface area contributed by atoms with Gasteiger partial charge in [-0.1, -0.05) is 24.3 Å². The van der Waals surface area contributed by atoms with Crippen molar-refractivity contribution in [1.82, 2.24) is 0 Å². The number of nitrogens with zero attached hydrogens (tertiary/aromatic N) is 1. The Balaban J connectivity index is 2.42. The molecule has 0 radical (unpaired) electrons. The molecule has 2 rings (SSSR count). The molecule has 2 aliphatic rings. The minimum Gasteiger partial charge on any atom is -0.264 e. The standard InChI is InChI=1S/C7H5NO2/c9-8(10)7-5-1-2-6(7)4-3-5/h1-4,7H. The van der Waals surface area contributed by atoms with Gasteiger partial charge in [0.25, 0.3) is 6.04 Å². The third-order valence-electron chi connectivity index (χ3n) is 1.78. The van der Waals surface area contributed by atoms with Crippen molar-refractivity contribution >= 4 is 0 Å². The van der Waals surface area contributed by atoms with Crippen LogP contribution in [-0.4, -0.2) is 11.0 Å². The third-order valence-corrected chi connectivity index (χ3v) is 1.78. The van der Waals surface area contributed by atoms with Gasteiger partial charge in [0.05, 0.1) is 0 Å². The van der Waals surface area contributed by atoms with E-state index in [-0.39, 0.29) is 4.92 Å². The van der Waals surface area contributed by atoms with E-state index in [1.54, 1.807) is 24.3 Å². The Morgan fingerprint density at radius 2 is 1.80 bits per heavy atom. The highest BCUT2D eigenvalue weighted by Crippen LogP contribution is 2.30. The second-order valence-corrected chi connectivity index (χ2v) is 2.35. The molecular weight excluding hydrogens is 130 g/mol. The molecule has 2 aliphatic carbocycles. The first-order valence-corrected chi connectivity index (χ1v) is 3.02. The van der Waals surface area contributed by atoms with Gasteiger partial charge in [-0.3, -0.25) is 10.1 Å². The lowest BCUT2D eigenvalue weighted by Crippen LogP contribution is -2.16. The Morgan fingerprint density at radius 1 is 1.30 bits per heavy atom. The van der Waals surface area contributed by atoms with Crippen LogP contribution in [-0.2, 0) is 0 Å². The van der Waals surface area contributed by atoms with E-state index in [9.17, 15) is 10.1 Å². The molecule has 0 aliphatic heterocycles. The maximum absolute atomic E-state index is 10.3. The topological polar surface area (TPSA) is 43.1 Å². The predicted octanol–water partition coefficient (Wildman–Crippen LogP) is 1.07. The molecule has 0 N–H and O–H groups in total. The molecule has 0 unspecified atom stereocenters. The average Bonchev–Trinajstić information content (AvgIpc) is 2.43. The zero-order valence-corrected chi connectivity index (χ0v) is 5.15. The number of nitro groups is 1. The van der Waals surface area contributed by atoms with E-state index in [4.69, 9.17) is 0 Å². The van der Waals surface area contributed by atoms with Gasteiger partial charge >= 0.3 is 0 Å². The van der Waals surface area contributed by atoms with Gasteiger partial charge in [0, 0.05) is 16.1 Å². The molecule has 10 heavy (non-hydrogen) atoms. The van der Waals surface area contributed by atoms with Crippen LogP contribution in [0.15, 0.2) is 35.5 Å². The first-order valence-electron chi connectivity index (χ1n) is 3.02. The molecule has 0 heterocycles. The smallest absolute Gasteiger partial charge is 0.263 e. The number of hydrogen-bond donors (Lipinski definition) is 0. The van der Waals surface area contributed by atoms with E-state index in [1.807, 2.05) is 0 Å². The molecule has 3 heteroatoms. The van der Waals surface area contributed by atoms with E-state index in [2.05, 4.69) is 0 Å². The van der Waals surface area contributed by atoms with Gasteiger partial charge in [-0.2, -0.15) is 0 Å². The highest BCUT2D eigenvalue weighted by molar-refractivity contribution is 5.54. The van der Waals surface area contributed by atoms with Crippen molar-refractivity contribution in [1.29, 1.82) is 0 Å². The number of hydrogen-bond acceptors (Lipinski definition) is 2. The molecule has 0 amide bonds. The van der Waals surface area contributed by atoms with Crippen LogP contribution in [0.1, 0.15) is 0 Å². The monoisotopic (exact) mass is 135 g/mol. The normalized spacial score (nSPS) is 21.2. The Bertz CT molecular complexity index is 264. The molecule has 0 atom stereocenters. The summed E-state index contributed by atoms with van der Waals surface area (Å²) in [6.45, 7) is 0. The van der Waals surface area contributed by atoms with E-state index < -0.39 is 6.04 Å². The summed E-state index contributed by atoms with van der Waals surface area (Å²) in [7, 11) is 0. The Morgan fingerprint density at radius 3 is 2.00 bits per heavy atom. The quantitative estimate of drug-likeness (QED) is 0.398. The average molecular weight is 135 g/mol. The summed E-state index contributed by atoms with van der Waals surface area (Å²) in [5, 5.41) is 10.3. The third kappa shape index (κ3) is 0.492. The summed E-state index contributed by atoms with van der Waals surface area (Å²) in [5.74, 6) is 0. The highest BCUT2D eigenvalue weighted by atomic mass is 16.6. The fourth-order valence-electron chi connectivity index (χ4n) is 1.30. The van der Waals surface area contributed by atoms with E-state index in [1.165, 1.54) is 0 Å². The van der Waals surface area contributed by atoms with Crippen LogP contribution >= 0.6 is 0 Å². The van der Waals surface area contributed by atoms with Crippen molar-refractivity contribution in [3.05, 3.63) is 45.6 Å². The largest absolute Gasteiger partial charge is 0.264 e. The van der Waals surface area contributed by atoms with Crippen molar-refractivity contribution in [2.45, 2.75) is 6.04 Å². The van der Waals surface area contributed by atoms with Gasteiger partial charge < -0.3 is 0 Å². The second kappa shape index (κ2) is 1.56. The lowest BCUT2D eigenvalue weighted by molar-refractivity contribution is -0.499. The van der Waals surface area contributed by atoms with E-state index in [0.29, 0.717) is 0 Å². The minimum atomic E-state index is -0.556. The highest BCUT2D eigenvalue weighted by Gasteiger charge is 2.34. The first-order chi connectivity index (χ1) is 4.79. The molecule has 0 aromatic heterocycles. The van der Waals surface area contributed by atoms with Crippen molar-refractivity contribution in [3.8, 4) is 0 Å². The van der Waals surface area contributed by atoms with Crippen LogP contribution in [0, 0.1) is 10.1 Å². The molecule has 0 saturated heterocycles. The lowest BCUT2D eigenvalue weighted by Gasteiger charge is -1.98. The van der Waals surface area contributed by atoms with Gasteiger partial charge in [0.1, 0.15) is 0 Å². The van der Waals surface area contributed by atoms with Gasteiger partial charge in [0.15, 0.2) is 0 Å². The maximum Gasteiger partial charge on any atom is 0.263 e. The van der Waals surface area contributed by atoms with Crippen LogP contribution in [0.25, 0.3) is 0 Å². The molecule has 50 valence electrons. The van der Waals surface area contributed by atoms with Gasteiger partial charge in [-0.05, 0) is 0 Å². The van der Waals surface area contributed by atoms with Crippen molar-refractivity contribution in [2.75, 3.05) is 0 Å². The van der Waals surface area contributed by atoms with Gasteiger partial charge in [-0.25, -0.2) is 0 Å². The van der Waals surface area contributed by atoms with Crippen LogP contribution in [0.2, 0.25) is 0 Å². The van der Waals surface area contributed by atoms with E-state index in [0.717, 1.165) is 11.1 Å². The molecule has 2 bridgehead atoms. The van der Waals surface area contributed by atoms with Crippen molar-refractivity contribution < 1.29 is 4.92 Å². The zero-order valence-electron chi connectivity index (χ0n) is 5.15. The molecule has 0 saturated carbocycles. The number of rotatable bonds is 1. The predicted molar refractivity (Wildman–Crippen MR) is 36.1 cm³/mol. The van der Waals surface area contributed by atoms with Crippen LogP contribution in [0.3, 0.4) is 0 Å². The summed E-state index contributed by atoms with van der Waals surface area (Å²) < 4.78 is 0. The molecule has 0 spiro atoms. The lowest BCUT2D eigenvalue weighted by atomic mass is 10.2. The first kappa shape index (κ1) is 5.41. The number of fused-ring (bicyclic) bond motifs is 2. The Labute approximate surface area is 57.5 Å². The van der Waals surface area contributed by atoms with Crippen molar-refractivity contribution in [2.24, 2.45) is 0 Å². The van der Waals surface area contributed by atoms with E-state index >= 15 is 0 Å². The minimum absolute atomic E-state index is 0.259. The maximum atomic E-state index is 10.3. The molecular formula is C7H5NO2. The fraction of sp³-hybridized carbons (Fsp3) is 0.143. The van der Waals surface area contributed by atoms with Crippen molar-refractivity contribution in [3.63, 3.8) is 0 Å². The Kier molecular flexibility index (Phi) is 0.845. The fourth-order valence-corrected chi connectivity index (χ4v) is 1.30. The van der Waals surface area contributed by atoms with Crippen LogP contribution in [0.4, 0.5) is 0 Å². The van der Waals surface area contributed by atoms with Crippen LogP contribution in [0.5, 0.6) is 0 Å². The second-order valence-electron chi connectivity index (χ2n) is 2.35. The molecule has 0 fully saturated rings. The Hall–Kier alpha value is -1.38. The number of allylic oxidation sites excluding steroid dienone is 2. The molecule has 0 aromatic carbocycles. The van der Waals surface area contributed by atoms with Gasteiger partial charge in [0.2, 0.25) is 0 Å². The summed E-state index contributed by atoms with van der Waals surface area (Å²) in [6.07, 6.45) is 7.18.